The first-order valence-corrected chi connectivity index (χ1v) is 8.54. The van der Waals surface area contributed by atoms with Crippen LogP contribution < -0.4 is 0 Å². The zero-order valence-electron chi connectivity index (χ0n) is 14.2. The van der Waals surface area contributed by atoms with Crippen molar-refractivity contribution in [3.05, 3.63) is 58.6 Å². The molecule has 1 aromatic carbocycles. The number of imidazole rings is 1. The molecule has 128 valence electrons. The van der Waals surface area contributed by atoms with Gasteiger partial charge in [-0.1, -0.05) is 49.2 Å². The van der Waals surface area contributed by atoms with Gasteiger partial charge in [-0.3, -0.25) is 4.79 Å². The zero-order chi connectivity index (χ0) is 17.4. The molecular weight excluding hydrogens is 324 g/mol. The Morgan fingerprint density at radius 1 is 1.38 bits per heavy atom. The number of esters is 1. The van der Waals surface area contributed by atoms with Gasteiger partial charge in [-0.05, 0) is 24.1 Å². The summed E-state index contributed by atoms with van der Waals surface area (Å²) >= 11 is 6.30. The van der Waals surface area contributed by atoms with Crippen LogP contribution in [0.5, 0.6) is 0 Å². The third-order valence-electron chi connectivity index (χ3n) is 3.81. The fraction of sp³-hybridized carbons (Fsp3) is 0.368. The van der Waals surface area contributed by atoms with Crippen molar-refractivity contribution in [2.24, 2.45) is 0 Å². The van der Waals surface area contributed by atoms with Gasteiger partial charge in [0.1, 0.15) is 5.82 Å². The lowest BCUT2D eigenvalue weighted by Gasteiger charge is -2.11. The normalized spacial score (nSPS) is 11.1. The Hall–Kier alpha value is -2.07. The number of rotatable bonds is 8. The van der Waals surface area contributed by atoms with Crippen LogP contribution in [0.25, 0.3) is 6.08 Å². The number of halogens is 1. The Labute approximate surface area is 148 Å². The second kappa shape index (κ2) is 9.28. The first-order chi connectivity index (χ1) is 11.7. The summed E-state index contributed by atoms with van der Waals surface area (Å²) < 4.78 is 6.82. The van der Waals surface area contributed by atoms with Gasteiger partial charge in [0.05, 0.1) is 32.0 Å². The van der Waals surface area contributed by atoms with Crippen molar-refractivity contribution in [1.82, 2.24) is 9.55 Å². The Bertz CT molecular complexity index is 707. The fourth-order valence-electron chi connectivity index (χ4n) is 2.44. The smallest absolute Gasteiger partial charge is 0.309 e. The summed E-state index contributed by atoms with van der Waals surface area (Å²) in [5.74, 6) is 0.782. The van der Waals surface area contributed by atoms with E-state index in [1.807, 2.05) is 36.5 Å². The number of aromatic nitrogens is 2. The van der Waals surface area contributed by atoms with Gasteiger partial charge in [-0.15, -0.1) is 0 Å². The number of carbonyl (C=O) groups excluding carboxylic acids is 1. The van der Waals surface area contributed by atoms with Gasteiger partial charge in [0.2, 0.25) is 0 Å². The number of methoxy groups -OCH3 is 1. The molecule has 0 bridgehead atoms. The van der Waals surface area contributed by atoms with Crippen LogP contribution in [0.1, 0.15) is 43.3 Å². The zero-order valence-corrected chi connectivity index (χ0v) is 14.9. The van der Waals surface area contributed by atoms with Crippen LogP contribution in [0.15, 0.2) is 36.5 Å². The van der Waals surface area contributed by atoms with E-state index in [2.05, 4.69) is 21.2 Å². The topological polar surface area (TPSA) is 44.1 Å². The van der Waals surface area contributed by atoms with E-state index in [0.717, 1.165) is 41.4 Å². The minimum atomic E-state index is -0.255. The van der Waals surface area contributed by atoms with Gasteiger partial charge < -0.3 is 9.30 Å². The molecule has 0 saturated heterocycles. The van der Waals surface area contributed by atoms with Crippen LogP contribution in [0.2, 0.25) is 5.02 Å². The molecule has 4 nitrogen and oxygen atoms in total. The van der Waals surface area contributed by atoms with Crippen LogP contribution in [-0.4, -0.2) is 22.6 Å². The summed E-state index contributed by atoms with van der Waals surface area (Å²) in [7, 11) is 1.39. The van der Waals surface area contributed by atoms with Crippen LogP contribution in [0.3, 0.4) is 0 Å². The van der Waals surface area contributed by atoms with E-state index in [1.54, 1.807) is 6.08 Å². The Morgan fingerprint density at radius 2 is 2.17 bits per heavy atom. The first-order valence-electron chi connectivity index (χ1n) is 8.16. The number of benzene rings is 1. The lowest BCUT2D eigenvalue weighted by Crippen LogP contribution is -2.07. The van der Waals surface area contributed by atoms with E-state index in [1.165, 1.54) is 7.11 Å². The van der Waals surface area contributed by atoms with E-state index in [-0.39, 0.29) is 12.4 Å². The maximum absolute atomic E-state index is 11.3. The third-order valence-corrected chi connectivity index (χ3v) is 4.18. The quantitative estimate of drug-likeness (QED) is 0.661. The number of ether oxygens (including phenoxy) is 1. The highest BCUT2D eigenvalue weighted by molar-refractivity contribution is 6.31. The molecule has 2 rings (SSSR count). The summed E-state index contributed by atoms with van der Waals surface area (Å²) in [6, 6.07) is 7.83. The molecule has 2 aromatic rings. The molecule has 0 saturated carbocycles. The molecular formula is C19H23ClN2O2. The Kier molecular flexibility index (Phi) is 7.07. The fourth-order valence-corrected chi connectivity index (χ4v) is 2.63. The minimum absolute atomic E-state index is 0.248. The van der Waals surface area contributed by atoms with E-state index in [4.69, 9.17) is 11.6 Å². The highest BCUT2D eigenvalue weighted by atomic mass is 35.5. The molecule has 0 aliphatic carbocycles. The largest absolute Gasteiger partial charge is 0.469 e. The number of nitrogens with zero attached hydrogens (tertiary/aromatic N) is 2. The molecule has 0 radical (unpaired) electrons. The molecule has 24 heavy (non-hydrogen) atoms. The number of unbranched alkanes of at least 4 members (excludes halogenated alkanes) is 1. The van der Waals surface area contributed by atoms with Crippen molar-refractivity contribution in [1.29, 1.82) is 0 Å². The second-order valence-electron chi connectivity index (χ2n) is 5.56. The van der Waals surface area contributed by atoms with Crippen molar-refractivity contribution in [3.63, 3.8) is 0 Å². The van der Waals surface area contributed by atoms with Crippen LogP contribution in [0.4, 0.5) is 0 Å². The number of aryl methyl sites for hydroxylation is 1. The average Bonchev–Trinajstić information content (AvgIpc) is 2.96. The van der Waals surface area contributed by atoms with Crippen LogP contribution in [0, 0.1) is 0 Å². The van der Waals surface area contributed by atoms with Crippen molar-refractivity contribution in [2.45, 2.75) is 39.2 Å². The lowest BCUT2D eigenvalue weighted by molar-refractivity contribution is -0.139. The highest BCUT2D eigenvalue weighted by Crippen LogP contribution is 2.20. The predicted octanol–water partition coefficient (Wildman–Crippen LogP) is 4.50. The first kappa shape index (κ1) is 18.3. The molecule has 0 unspecified atom stereocenters. The van der Waals surface area contributed by atoms with Gasteiger partial charge in [-0.25, -0.2) is 4.98 Å². The van der Waals surface area contributed by atoms with Gasteiger partial charge in [0.15, 0.2) is 0 Å². The monoisotopic (exact) mass is 346 g/mol. The van der Waals surface area contributed by atoms with E-state index in [0.29, 0.717) is 6.54 Å². The van der Waals surface area contributed by atoms with Gasteiger partial charge in [0, 0.05) is 11.4 Å². The van der Waals surface area contributed by atoms with Crippen molar-refractivity contribution < 1.29 is 9.53 Å². The maximum Gasteiger partial charge on any atom is 0.309 e. The molecule has 5 heteroatoms. The summed E-state index contributed by atoms with van der Waals surface area (Å²) in [6.45, 7) is 2.83. The van der Waals surface area contributed by atoms with Crippen molar-refractivity contribution in [2.75, 3.05) is 7.11 Å². The van der Waals surface area contributed by atoms with Gasteiger partial charge in [-0.2, -0.15) is 0 Å². The van der Waals surface area contributed by atoms with Crippen LogP contribution >= 0.6 is 11.6 Å². The molecule has 0 aliphatic rings. The van der Waals surface area contributed by atoms with E-state index < -0.39 is 0 Å². The Morgan fingerprint density at radius 3 is 2.88 bits per heavy atom. The molecule has 1 heterocycles. The third kappa shape index (κ3) is 4.96. The molecule has 0 fully saturated rings. The summed E-state index contributed by atoms with van der Waals surface area (Å²) in [5, 5.41) is 0.747. The Balaban J connectivity index is 2.25. The lowest BCUT2D eigenvalue weighted by atomic mass is 10.2. The molecule has 1 aromatic heterocycles. The summed E-state index contributed by atoms with van der Waals surface area (Å²) in [6.07, 6.45) is 8.93. The van der Waals surface area contributed by atoms with Gasteiger partial charge >= 0.3 is 5.97 Å². The van der Waals surface area contributed by atoms with Gasteiger partial charge in [0.25, 0.3) is 0 Å². The van der Waals surface area contributed by atoms with E-state index >= 15 is 0 Å². The number of carbonyl (C=O) groups is 1. The SMILES string of the molecule is CCCCc1ncc(/C=C/CC(=O)OC)n1Cc1ccccc1Cl. The molecule has 0 amide bonds. The summed E-state index contributed by atoms with van der Waals surface area (Å²) in [4.78, 5) is 15.8. The predicted molar refractivity (Wildman–Crippen MR) is 97.1 cm³/mol. The molecule has 0 N–H and O–H groups in total. The summed E-state index contributed by atoms with van der Waals surface area (Å²) in [5.41, 5.74) is 2.02. The number of hydrogen-bond acceptors (Lipinski definition) is 3. The maximum atomic E-state index is 11.3. The van der Waals surface area contributed by atoms with Crippen molar-refractivity contribution >= 4 is 23.6 Å². The minimum Gasteiger partial charge on any atom is -0.469 e. The number of hydrogen-bond donors (Lipinski definition) is 0. The molecule has 0 aliphatic heterocycles. The second-order valence-corrected chi connectivity index (χ2v) is 5.97. The molecule has 0 atom stereocenters. The highest BCUT2D eigenvalue weighted by Gasteiger charge is 2.10. The van der Waals surface area contributed by atoms with Crippen molar-refractivity contribution in [3.8, 4) is 0 Å². The average molecular weight is 347 g/mol. The van der Waals surface area contributed by atoms with Crippen LogP contribution in [-0.2, 0) is 22.5 Å². The van der Waals surface area contributed by atoms with E-state index in [9.17, 15) is 4.79 Å². The molecule has 0 spiro atoms. The standard InChI is InChI=1S/C19H23ClN2O2/c1-3-4-11-18-21-13-16(9-7-12-19(23)24-2)22(18)14-15-8-5-6-10-17(15)20/h5-10,13H,3-4,11-12,14H2,1-2H3/b9-7+.